The predicted octanol–water partition coefficient (Wildman–Crippen LogP) is 3.10. The normalized spacial score (nSPS) is 24.0. The average Bonchev–Trinajstić information content (AvgIpc) is 2.79. The molecule has 0 aliphatic carbocycles. The zero-order valence-corrected chi connectivity index (χ0v) is 11.9. The van der Waals surface area contributed by atoms with Crippen LogP contribution in [0.2, 0.25) is 0 Å². The summed E-state index contributed by atoms with van der Waals surface area (Å²) in [6.45, 7) is 0. The molecule has 1 saturated heterocycles. The number of nitrogens with zero attached hydrogens (tertiary/aromatic N) is 2. The molecule has 3 nitrogen and oxygen atoms in total. The van der Waals surface area contributed by atoms with Gasteiger partial charge in [0.1, 0.15) is 0 Å². The van der Waals surface area contributed by atoms with Crippen LogP contribution < -0.4 is 5.32 Å². The van der Waals surface area contributed by atoms with Gasteiger partial charge in [0, 0.05) is 24.2 Å². The van der Waals surface area contributed by atoms with Crippen LogP contribution >= 0.6 is 0 Å². The van der Waals surface area contributed by atoms with E-state index in [1.165, 1.54) is 30.5 Å². The third-order valence-corrected chi connectivity index (χ3v) is 4.63. The van der Waals surface area contributed by atoms with Crippen LogP contribution in [0.4, 0.5) is 8.78 Å². The quantitative estimate of drug-likeness (QED) is 0.874. The highest BCUT2D eigenvalue weighted by molar-refractivity contribution is 5.65. The molecule has 0 radical (unpaired) electrons. The summed E-state index contributed by atoms with van der Waals surface area (Å²) in [6.07, 6.45) is 4.40. The molecule has 1 aromatic heterocycles. The van der Waals surface area contributed by atoms with Gasteiger partial charge < -0.3 is 5.32 Å². The topological polar surface area (TPSA) is 29.9 Å². The summed E-state index contributed by atoms with van der Waals surface area (Å²) in [5, 5.41) is 8.25. The molecule has 3 heterocycles. The van der Waals surface area contributed by atoms with Crippen LogP contribution in [0.15, 0.2) is 18.2 Å². The first-order chi connectivity index (χ1) is 10.1. The Morgan fingerprint density at radius 2 is 2.10 bits per heavy atom. The monoisotopic (exact) mass is 289 g/mol. The van der Waals surface area contributed by atoms with E-state index in [9.17, 15) is 8.78 Å². The molecule has 4 rings (SSSR count). The number of hydrogen-bond donors (Lipinski definition) is 1. The Kier molecular flexibility index (Phi) is 2.85. The minimum Gasteiger partial charge on any atom is -0.305 e. The summed E-state index contributed by atoms with van der Waals surface area (Å²) in [6, 6.07) is 4.87. The molecule has 1 aromatic carbocycles. The van der Waals surface area contributed by atoms with Crippen molar-refractivity contribution in [2.75, 3.05) is 0 Å². The van der Waals surface area contributed by atoms with Crippen LogP contribution in [-0.4, -0.2) is 15.8 Å². The molecule has 5 heteroatoms. The SMILES string of the molecule is Cn1nc2c(c1-c1ccc(F)c(F)c1)C[C@@H]1CCC[C@H]2N1. The van der Waals surface area contributed by atoms with E-state index in [4.69, 9.17) is 0 Å². The van der Waals surface area contributed by atoms with E-state index in [2.05, 4.69) is 10.4 Å². The lowest BCUT2D eigenvalue weighted by atomic mass is 9.84. The molecule has 0 spiro atoms. The fourth-order valence-corrected chi connectivity index (χ4v) is 3.72. The third kappa shape index (κ3) is 1.99. The van der Waals surface area contributed by atoms with E-state index in [1.807, 2.05) is 7.05 Å². The lowest BCUT2D eigenvalue weighted by molar-refractivity contribution is 0.297. The van der Waals surface area contributed by atoms with Gasteiger partial charge in [-0.25, -0.2) is 8.78 Å². The third-order valence-electron chi connectivity index (χ3n) is 4.63. The summed E-state index contributed by atoms with van der Waals surface area (Å²) in [4.78, 5) is 0. The molecule has 2 aliphatic rings. The fraction of sp³-hybridized carbons (Fsp3) is 0.438. The van der Waals surface area contributed by atoms with Gasteiger partial charge in [-0.15, -0.1) is 0 Å². The highest BCUT2D eigenvalue weighted by Gasteiger charge is 2.34. The highest BCUT2D eigenvalue weighted by Crippen LogP contribution is 2.38. The van der Waals surface area contributed by atoms with Gasteiger partial charge in [0.2, 0.25) is 0 Å². The molecule has 0 saturated carbocycles. The maximum Gasteiger partial charge on any atom is 0.159 e. The van der Waals surface area contributed by atoms with E-state index in [1.54, 1.807) is 10.7 Å². The Balaban J connectivity index is 1.86. The van der Waals surface area contributed by atoms with Crippen LogP contribution in [0.25, 0.3) is 11.3 Å². The molecule has 2 aromatic rings. The van der Waals surface area contributed by atoms with Crippen molar-refractivity contribution in [3.63, 3.8) is 0 Å². The number of benzene rings is 1. The van der Waals surface area contributed by atoms with E-state index < -0.39 is 11.6 Å². The van der Waals surface area contributed by atoms with Crippen LogP contribution in [-0.2, 0) is 13.5 Å². The van der Waals surface area contributed by atoms with Crippen molar-refractivity contribution in [3.05, 3.63) is 41.1 Å². The highest BCUT2D eigenvalue weighted by atomic mass is 19.2. The van der Waals surface area contributed by atoms with Crippen LogP contribution in [0.5, 0.6) is 0 Å². The van der Waals surface area contributed by atoms with E-state index in [0.29, 0.717) is 17.6 Å². The molecular formula is C16H17F2N3. The predicted molar refractivity (Wildman–Crippen MR) is 75.8 cm³/mol. The molecule has 0 amide bonds. The van der Waals surface area contributed by atoms with E-state index in [0.717, 1.165) is 24.2 Å². The number of piperidine rings is 1. The van der Waals surface area contributed by atoms with Gasteiger partial charge in [-0.1, -0.05) is 0 Å². The standard InChI is InChI=1S/C16H17F2N3/c1-21-16(9-5-6-12(17)13(18)7-9)11-8-10-3-2-4-14(19-10)15(11)20-21/h5-7,10,14,19H,2-4,8H2,1H3/t10-,14+/m0/s1. The number of aromatic nitrogens is 2. The van der Waals surface area contributed by atoms with Gasteiger partial charge in [-0.05, 0) is 43.9 Å². The van der Waals surface area contributed by atoms with E-state index >= 15 is 0 Å². The molecule has 2 aliphatic heterocycles. The smallest absolute Gasteiger partial charge is 0.159 e. The lowest BCUT2D eigenvalue weighted by Crippen LogP contribution is -2.42. The van der Waals surface area contributed by atoms with Crippen LogP contribution in [0.3, 0.4) is 0 Å². The number of rotatable bonds is 1. The maximum atomic E-state index is 13.5. The maximum absolute atomic E-state index is 13.5. The van der Waals surface area contributed by atoms with Crippen molar-refractivity contribution < 1.29 is 8.78 Å². The molecule has 2 atom stereocenters. The Bertz CT molecular complexity index is 708. The lowest BCUT2D eigenvalue weighted by Gasteiger charge is -2.35. The second kappa shape index (κ2) is 4.63. The minimum atomic E-state index is -0.812. The molecule has 110 valence electrons. The number of aryl methyl sites for hydroxylation is 1. The Hall–Kier alpha value is -1.75. The largest absolute Gasteiger partial charge is 0.305 e. The van der Waals surface area contributed by atoms with Gasteiger partial charge >= 0.3 is 0 Å². The van der Waals surface area contributed by atoms with Crippen molar-refractivity contribution in [1.29, 1.82) is 0 Å². The zero-order chi connectivity index (χ0) is 14.6. The van der Waals surface area contributed by atoms with Gasteiger partial charge in [0.25, 0.3) is 0 Å². The van der Waals surface area contributed by atoms with Gasteiger partial charge in [-0.3, -0.25) is 4.68 Å². The second-order valence-electron chi connectivity index (χ2n) is 6.02. The average molecular weight is 289 g/mol. The number of fused-ring (bicyclic) bond motifs is 4. The first-order valence-corrected chi connectivity index (χ1v) is 7.40. The van der Waals surface area contributed by atoms with Gasteiger partial charge in [-0.2, -0.15) is 5.10 Å². The minimum absolute atomic E-state index is 0.303. The number of hydrogen-bond acceptors (Lipinski definition) is 2. The van der Waals surface area contributed by atoms with Gasteiger partial charge in [0.05, 0.1) is 17.4 Å². The molecule has 1 N–H and O–H groups in total. The first-order valence-electron chi connectivity index (χ1n) is 7.40. The summed E-state index contributed by atoms with van der Waals surface area (Å²) < 4.78 is 28.5. The Morgan fingerprint density at radius 3 is 2.90 bits per heavy atom. The number of halogens is 2. The molecular weight excluding hydrogens is 272 g/mol. The van der Waals surface area contributed by atoms with Crippen molar-refractivity contribution in [2.24, 2.45) is 7.05 Å². The van der Waals surface area contributed by atoms with Crippen molar-refractivity contribution in [2.45, 2.75) is 37.8 Å². The van der Waals surface area contributed by atoms with Crippen molar-refractivity contribution in [3.8, 4) is 11.3 Å². The summed E-state index contributed by atoms with van der Waals surface area (Å²) in [5.74, 6) is -1.62. The summed E-state index contributed by atoms with van der Waals surface area (Å²) in [7, 11) is 1.87. The van der Waals surface area contributed by atoms with E-state index in [-0.39, 0.29) is 0 Å². The zero-order valence-electron chi connectivity index (χ0n) is 11.9. The van der Waals surface area contributed by atoms with Gasteiger partial charge in [0.15, 0.2) is 11.6 Å². The van der Waals surface area contributed by atoms with Crippen LogP contribution in [0.1, 0.15) is 36.6 Å². The Labute approximate surface area is 122 Å². The first kappa shape index (κ1) is 13.0. The van der Waals surface area contributed by atoms with Crippen molar-refractivity contribution >= 4 is 0 Å². The summed E-state index contributed by atoms with van der Waals surface area (Å²) >= 11 is 0. The van der Waals surface area contributed by atoms with Crippen LogP contribution in [0, 0.1) is 11.6 Å². The Morgan fingerprint density at radius 1 is 1.24 bits per heavy atom. The molecule has 0 unspecified atom stereocenters. The molecule has 21 heavy (non-hydrogen) atoms. The summed E-state index contributed by atoms with van der Waals surface area (Å²) in [5.41, 5.74) is 3.89. The fourth-order valence-electron chi connectivity index (χ4n) is 3.72. The number of nitrogens with one attached hydrogen (secondary N) is 1. The molecule has 1 fully saturated rings. The van der Waals surface area contributed by atoms with Crippen molar-refractivity contribution in [1.82, 2.24) is 15.1 Å². The second-order valence-corrected chi connectivity index (χ2v) is 6.02. The molecule has 2 bridgehead atoms.